The predicted octanol–water partition coefficient (Wildman–Crippen LogP) is 5.32. The largest absolute Gasteiger partial charge is 0.354 e. The molecule has 2 amide bonds. The minimum atomic E-state index is -4.19. The highest BCUT2D eigenvalue weighted by molar-refractivity contribution is 7.92. The molecule has 0 radical (unpaired) electrons. The lowest BCUT2D eigenvalue weighted by Crippen LogP contribution is -2.51. The van der Waals surface area contributed by atoms with Gasteiger partial charge < -0.3 is 10.2 Å². The number of para-hydroxylation sites is 1. The predicted molar refractivity (Wildman–Crippen MR) is 151 cm³/mol. The molecule has 0 aliphatic heterocycles. The molecule has 0 saturated heterocycles. The number of hydrogen-bond acceptors (Lipinski definition) is 4. The summed E-state index contributed by atoms with van der Waals surface area (Å²) in [6.45, 7) is 5.24. The number of carbonyl (C=O) groups is 2. The smallest absolute Gasteiger partial charge is 0.264 e. The van der Waals surface area contributed by atoms with E-state index in [0.717, 1.165) is 17.1 Å². The maximum absolute atomic E-state index is 13.9. The van der Waals surface area contributed by atoms with Gasteiger partial charge in [0.15, 0.2) is 0 Å². The molecule has 39 heavy (non-hydrogen) atoms. The Morgan fingerprint density at radius 1 is 1.00 bits per heavy atom. The molecular weight excluding hydrogens is 541 g/mol. The van der Waals surface area contributed by atoms with Crippen LogP contribution in [-0.2, 0) is 26.2 Å². The monoisotopic (exact) mass is 573 g/mol. The summed E-state index contributed by atoms with van der Waals surface area (Å²) in [5.74, 6) is -1.37. The zero-order valence-electron chi connectivity index (χ0n) is 22.2. The van der Waals surface area contributed by atoms with Crippen LogP contribution in [0.1, 0.15) is 37.8 Å². The molecular formula is C29H33ClFN3O4S. The fourth-order valence-corrected chi connectivity index (χ4v) is 5.60. The molecule has 208 valence electrons. The number of rotatable bonds is 12. The van der Waals surface area contributed by atoms with E-state index >= 15 is 0 Å². The van der Waals surface area contributed by atoms with Crippen molar-refractivity contribution in [3.63, 3.8) is 0 Å². The molecule has 1 N–H and O–H groups in total. The maximum atomic E-state index is 13.9. The van der Waals surface area contributed by atoms with Gasteiger partial charge in [-0.3, -0.25) is 13.9 Å². The number of nitrogens with zero attached hydrogens (tertiary/aromatic N) is 2. The Bertz CT molecular complexity index is 1380. The summed E-state index contributed by atoms with van der Waals surface area (Å²) >= 11 is 5.98. The van der Waals surface area contributed by atoms with E-state index in [1.54, 1.807) is 38.1 Å². The second kappa shape index (κ2) is 13.6. The zero-order valence-corrected chi connectivity index (χ0v) is 23.8. The number of sulfonamides is 1. The van der Waals surface area contributed by atoms with E-state index in [4.69, 9.17) is 11.6 Å². The third-order valence-corrected chi connectivity index (χ3v) is 8.35. The molecule has 0 aromatic heterocycles. The third-order valence-electron chi connectivity index (χ3n) is 6.33. The minimum Gasteiger partial charge on any atom is -0.354 e. The van der Waals surface area contributed by atoms with Gasteiger partial charge in [0, 0.05) is 18.1 Å². The number of halogens is 2. The Morgan fingerprint density at radius 2 is 1.64 bits per heavy atom. The number of amides is 2. The standard InChI is InChI=1S/C29H33ClFN3O4S/c1-4-5-18-32-29(36)22(3)33(19-23-10-14-25(31)15-11-23)28(35)20-34(27-9-7-6-8-21(27)2)39(37,38)26-16-12-24(30)13-17-26/h6-17,22H,4-5,18-20H2,1-3H3,(H,32,36)/t22-/m1/s1. The highest BCUT2D eigenvalue weighted by Gasteiger charge is 2.33. The van der Waals surface area contributed by atoms with E-state index in [9.17, 15) is 22.4 Å². The van der Waals surface area contributed by atoms with Gasteiger partial charge in [-0.1, -0.05) is 55.3 Å². The number of nitrogens with one attached hydrogen (secondary N) is 1. The first-order valence-corrected chi connectivity index (χ1v) is 14.5. The van der Waals surface area contributed by atoms with Crippen LogP contribution >= 0.6 is 11.6 Å². The Morgan fingerprint density at radius 3 is 2.26 bits per heavy atom. The van der Waals surface area contributed by atoms with Gasteiger partial charge >= 0.3 is 0 Å². The van der Waals surface area contributed by atoms with E-state index in [1.165, 1.54) is 53.4 Å². The number of carbonyl (C=O) groups excluding carboxylic acids is 2. The first-order valence-electron chi connectivity index (χ1n) is 12.7. The van der Waals surface area contributed by atoms with Gasteiger partial charge in [-0.15, -0.1) is 0 Å². The van der Waals surface area contributed by atoms with Crippen LogP contribution in [0.5, 0.6) is 0 Å². The summed E-state index contributed by atoms with van der Waals surface area (Å²) in [5.41, 5.74) is 1.59. The molecule has 1 atom stereocenters. The Balaban J connectivity index is 2.00. The van der Waals surface area contributed by atoms with Gasteiger partial charge in [-0.05, 0) is 73.9 Å². The second-order valence-electron chi connectivity index (χ2n) is 9.22. The van der Waals surface area contributed by atoms with Crippen LogP contribution in [0, 0.1) is 12.7 Å². The van der Waals surface area contributed by atoms with Gasteiger partial charge in [-0.25, -0.2) is 12.8 Å². The minimum absolute atomic E-state index is 0.00984. The highest BCUT2D eigenvalue weighted by atomic mass is 35.5. The number of aryl methyl sites for hydroxylation is 1. The van der Waals surface area contributed by atoms with Crippen LogP contribution in [0.25, 0.3) is 0 Å². The van der Waals surface area contributed by atoms with Crippen LogP contribution in [-0.4, -0.2) is 44.3 Å². The Labute approximate surface area is 234 Å². The number of hydrogen-bond donors (Lipinski definition) is 1. The van der Waals surface area contributed by atoms with Crippen molar-refractivity contribution in [2.45, 2.75) is 51.1 Å². The van der Waals surface area contributed by atoms with Crippen molar-refractivity contribution in [1.29, 1.82) is 0 Å². The molecule has 0 unspecified atom stereocenters. The molecule has 3 rings (SSSR count). The molecule has 0 fully saturated rings. The molecule has 3 aromatic rings. The summed E-state index contributed by atoms with van der Waals surface area (Å²) < 4.78 is 42.2. The van der Waals surface area contributed by atoms with E-state index in [-0.39, 0.29) is 17.3 Å². The summed E-state index contributed by atoms with van der Waals surface area (Å²) in [7, 11) is -4.19. The Hall–Kier alpha value is -3.43. The van der Waals surface area contributed by atoms with Gasteiger partial charge in [0.05, 0.1) is 10.6 Å². The molecule has 0 bridgehead atoms. The van der Waals surface area contributed by atoms with Crippen LogP contribution < -0.4 is 9.62 Å². The number of anilines is 1. The lowest BCUT2D eigenvalue weighted by molar-refractivity contribution is -0.139. The number of benzene rings is 3. The molecule has 0 aliphatic rings. The van der Waals surface area contributed by atoms with Crippen molar-refractivity contribution in [2.24, 2.45) is 0 Å². The summed E-state index contributed by atoms with van der Waals surface area (Å²) in [6, 6.07) is 17.2. The fourth-order valence-electron chi connectivity index (χ4n) is 4.00. The average molecular weight is 574 g/mol. The molecule has 7 nitrogen and oxygen atoms in total. The van der Waals surface area contributed by atoms with Gasteiger partial charge in [0.1, 0.15) is 18.4 Å². The lowest BCUT2D eigenvalue weighted by atomic mass is 10.1. The van der Waals surface area contributed by atoms with Crippen LogP contribution in [0.2, 0.25) is 5.02 Å². The Kier molecular flexibility index (Phi) is 10.5. The fraction of sp³-hybridized carbons (Fsp3) is 0.310. The highest BCUT2D eigenvalue weighted by Crippen LogP contribution is 2.28. The average Bonchev–Trinajstić information content (AvgIpc) is 2.91. The number of unbranched alkanes of at least 4 members (excludes halogenated alkanes) is 1. The normalized spacial score (nSPS) is 12.0. The molecule has 10 heteroatoms. The van der Waals surface area contributed by atoms with Crippen molar-refractivity contribution >= 4 is 39.1 Å². The molecule has 0 saturated carbocycles. The van der Waals surface area contributed by atoms with Crippen molar-refractivity contribution in [1.82, 2.24) is 10.2 Å². The van der Waals surface area contributed by atoms with E-state index < -0.39 is 34.3 Å². The van der Waals surface area contributed by atoms with E-state index in [2.05, 4.69) is 5.32 Å². The quantitative estimate of drug-likeness (QED) is 0.297. The molecule has 0 aliphatic carbocycles. The van der Waals surface area contributed by atoms with Crippen molar-refractivity contribution in [3.05, 3.63) is 94.8 Å². The van der Waals surface area contributed by atoms with Crippen molar-refractivity contribution < 1.29 is 22.4 Å². The maximum Gasteiger partial charge on any atom is 0.264 e. The first-order chi connectivity index (χ1) is 18.5. The summed E-state index contributed by atoms with van der Waals surface area (Å²) in [5, 5.41) is 3.21. The third kappa shape index (κ3) is 7.80. The lowest BCUT2D eigenvalue weighted by Gasteiger charge is -2.32. The van der Waals surface area contributed by atoms with Crippen molar-refractivity contribution in [2.75, 3.05) is 17.4 Å². The van der Waals surface area contributed by atoms with Crippen LogP contribution in [0.15, 0.2) is 77.7 Å². The van der Waals surface area contributed by atoms with Crippen LogP contribution in [0.3, 0.4) is 0 Å². The summed E-state index contributed by atoms with van der Waals surface area (Å²) in [4.78, 5) is 28.1. The first kappa shape index (κ1) is 30.1. The van der Waals surface area contributed by atoms with Gasteiger partial charge in [0.2, 0.25) is 11.8 Å². The second-order valence-corrected chi connectivity index (χ2v) is 11.5. The van der Waals surface area contributed by atoms with Crippen LogP contribution in [0.4, 0.5) is 10.1 Å². The molecule has 3 aromatic carbocycles. The SMILES string of the molecule is CCCCNC(=O)[C@@H](C)N(Cc1ccc(F)cc1)C(=O)CN(c1ccccc1C)S(=O)(=O)c1ccc(Cl)cc1. The topological polar surface area (TPSA) is 86.8 Å². The van der Waals surface area contributed by atoms with E-state index in [0.29, 0.717) is 28.4 Å². The van der Waals surface area contributed by atoms with Gasteiger partial charge in [0.25, 0.3) is 10.0 Å². The van der Waals surface area contributed by atoms with Crippen molar-refractivity contribution in [3.8, 4) is 0 Å². The van der Waals surface area contributed by atoms with Gasteiger partial charge in [-0.2, -0.15) is 0 Å². The molecule has 0 heterocycles. The zero-order chi connectivity index (χ0) is 28.6. The van der Waals surface area contributed by atoms with E-state index in [1.807, 2.05) is 6.92 Å². The molecule has 0 spiro atoms. The summed E-state index contributed by atoms with van der Waals surface area (Å²) in [6.07, 6.45) is 1.67.